The Kier molecular flexibility index (Phi) is 3.85. The van der Waals surface area contributed by atoms with Gasteiger partial charge in [-0.3, -0.25) is 5.10 Å². The zero-order chi connectivity index (χ0) is 13.8. The maximum atomic E-state index is 11.8. The van der Waals surface area contributed by atoms with Crippen LogP contribution in [0.4, 0.5) is 5.69 Å². The summed E-state index contributed by atoms with van der Waals surface area (Å²) in [6.07, 6.45) is 1.70. The fourth-order valence-corrected chi connectivity index (χ4v) is 1.88. The second-order valence-corrected chi connectivity index (χ2v) is 4.42. The molecule has 0 saturated heterocycles. The Morgan fingerprint density at radius 3 is 2.84 bits per heavy atom. The van der Waals surface area contributed by atoms with E-state index in [9.17, 15) is 4.79 Å². The lowest BCUT2D eigenvalue weighted by molar-refractivity contribution is 0.0601. The molecule has 2 N–H and O–H groups in total. The Morgan fingerprint density at radius 2 is 2.21 bits per heavy atom. The maximum absolute atomic E-state index is 11.8. The van der Waals surface area contributed by atoms with Gasteiger partial charge in [-0.2, -0.15) is 5.10 Å². The van der Waals surface area contributed by atoms with E-state index in [4.69, 9.17) is 4.74 Å². The monoisotopic (exact) mass is 259 g/mol. The molecule has 1 aromatic heterocycles. The van der Waals surface area contributed by atoms with Gasteiger partial charge in [-0.15, -0.1) is 0 Å². The molecular weight excluding hydrogens is 242 g/mol. The molecule has 0 aliphatic rings. The molecule has 0 aliphatic heterocycles. The Morgan fingerprint density at radius 1 is 1.42 bits per heavy atom. The minimum Gasteiger partial charge on any atom is -0.465 e. The first-order chi connectivity index (χ1) is 9.11. The summed E-state index contributed by atoms with van der Waals surface area (Å²) in [5.41, 5.74) is 3.25. The molecule has 5 heteroatoms. The number of carbonyl (C=O) groups is 1. The predicted octanol–water partition coefficient (Wildman–Crippen LogP) is 2.68. The normalized spacial score (nSPS) is 11.9. The molecule has 2 rings (SSSR count). The van der Waals surface area contributed by atoms with Crippen LogP contribution in [0.2, 0.25) is 0 Å². The van der Waals surface area contributed by atoms with Crippen LogP contribution in [0.3, 0.4) is 0 Å². The van der Waals surface area contributed by atoms with Crippen molar-refractivity contribution in [1.29, 1.82) is 0 Å². The van der Waals surface area contributed by atoms with Crippen LogP contribution >= 0.6 is 0 Å². The molecule has 0 amide bonds. The van der Waals surface area contributed by atoms with Gasteiger partial charge in [0.25, 0.3) is 0 Å². The molecule has 0 spiro atoms. The van der Waals surface area contributed by atoms with Crippen molar-refractivity contribution in [2.45, 2.75) is 19.9 Å². The number of nitrogens with zero attached hydrogens (tertiary/aromatic N) is 1. The van der Waals surface area contributed by atoms with Crippen LogP contribution < -0.4 is 5.32 Å². The Bertz CT molecular complexity index is 564. The van der Waals surface area contributed by atoms with Crippen LogP contribution in [-0.4, -0.2) is 23.3 Å². The molecule has 1 atom stereocenters. The zero-order valence-electron chi connectivity index (χ0n) is 11.2. The number of carbonyl (C=O) groups excluding carboxylic acids is 1. The smallest absolute Gasteiger partial charge is 0.339 e. The molecule has 0 fully saturated rings. The van der Waals surface area contributed by atoms with Crippen molar-refractivity contribution in [1.82, 2.24) is 10.2 Å². The number of H-pyrrole nitrogens is 1. The Hall–Kier alpha value is -2.30. The van der Waals surface area contributed by atoms with E-state index >= 15 is 0 Å². The van der Waals surface area contributed by atoms with Gasteiger partial charge in [0.15, 0.2) is 0 Å². The van der Waals surface area contributed by atoms with E-state index in [0.29, 0.717) is 5.56 Å². The number of hydrogen-bond acceptors (Lipinski definition) is 4. The minimum atomic E-state index is -0.344. The highest BCUT2D eigenvalue weighted by Crippen LogP contribution is 2.23. The van der Waals surface area contributed by atoms with Crippen LogP contribution in [0.15, 0.2) is 30.5 Å². The summed E-state index contributed by atoms with van der Waals surface area (Å²) in [6.45, 7) is 3.93. The van der Waals surface area contributed by atoms with Crippen molar-refractivity contribution in [3.8, 4) is 0 Å². The van der Waals surface area contributed by atoms with E-state index in [1.165, 1.54) is 7.11 Å². The van der Waals surface area contributed by atoms with E-state index in [1.54, 1.807) is 6.20 Å². The minimum absolute atomic E-state index is 0.0219. The van der Waals surface area contributed by atoms with Crippen LogP contribution in [0.5, 0.6) is 0 Å². The maximum Gasteiger partial charge on any atom is 0.339 e. The fraction of sp³-hybridized carbons (Fsp3) is 0.286. The highest BCUT2D eigenvalue weighted by Gasteiger charge is 2.14. The standard InChI is InChI=1S/C14H17N3O2/c1-9-4-5-13(11(8-9)14(18)19-3)16-10(2)12-6-7-15-17-12/h4-8,10,16H,1-3H3,(H,15,17). The topological polar surface area (TPSA) is 67.0 Å². The average Bonchev–Trinajstić information content (AvgIpc) is 2.94. The predicted molar refractivity (Wildman–Crippen MR) is 73.1 cm³/mol. The van der Waals surface area contributed by atoms with Crippen LogP contribution in [0, 0.1) is 6.92 Å². The third-order valence-corrected chi connectivity index (χ3v) is 2.94. The summed E-state index contributed by atoms with van der Waals surface area (Å²) < 4.78 is 4.81. The van der Waals surface area contributed by atoms with Crippen LogP contribution in [0.25, 0.3) is 0 Å². The van der Waals surface area contributed by atoms with Gasteiger partial charge < -0.3 is 10.1 Å². The first-order valence-corrected chi connectivity index (χ1v) is 6.06. The van der Waals surface area contributed by atoms with E-state index in [2.05, 4.69) is 15.5 Å². The molecule has 100 valence electrons. The molecular formula is C14H17N3O2. The first kappa shape index (κ1) is 13.1. The highest BCUT2D eigenvalue weighted by molar-refractivity contribution is 5.95. The number of ether oxygens (including phenoxy) is 1. The highest BCUT2D eigenvalue weighted by atomic mass is 16.5. The van der Waals surface area contributed by atoms with Crippen molar-refractivity contribution >= 4 is 11.7 Å². The van der Waals surface area contributed by atoms with Crippen LogP contribution in [0.1, 0.15) is 34.6 Å². The summed E-state index contributed by atoms with van der Waals surface area (Å²) in [6, 6.07) is 7.56. The lowest BCUT2D eigenvalue weighted by Gasteiger charge is -2.16. The lowest BCUT2D eigenvalue weighted by Crippen LogP contribution is -2.12. The van der Waals surface area contributed by atoms with Crippen molar-refractivity contribution < 1.29 is 9.53 Å². The number of benzene rings is 1. The second-order valence-electron chi connectivity index (χ2n) is 4.42. The first-order valence-electron chi connectivity index (χ1n) is 6.06. The van der Waals surface area contributed by atoms with E-state index in [1.807, 2.05) is 38.1 Å². The van der Waals surface area contributed by atoms with E-state index in [0.717, 1.165) is 16.9 Å². The number of hydrogen-bond donors (Lipinski definition) is 2. The molecule has 0 aliphatic carbocycles. The van der Waals surface area contributed by atoms with Crippen molar-refractivity contribution in [3.05, 3.63) is 47.3 Å². The third-order valence-electron chi connectivity index (χ3n) is 2.94. The number of aromatic nitrogens is 2. The van der Waals surface area contributed by atoms with Gasteiger partial charge in [0.2, 0.25) is 0 Å². The fourth-order valence-electron chi connectivity index (χ4n) is 1.88. The van der Waals surface area contributed by atoms with Crippen molar-refractivity contribution in [3.63, 3.8) is 0 Å². The molecule has 0 bridgehead atoms. The molecule has 19 heavy (non-hydrogen) atoms. The molecule has 0 saturated carbocycles. The average molecular weight is 259 g/mol. The summed E-state index contributed by atoms with van der Waals surface area (Å²) in [4.78, 5) is 11.8. The lowest BCUT2D eigenvalue weighted by atomic mass is 10.1. The number of aromatic amines is 1. The molecule has 5 nitrogen and oxygen atoms in total. The number of esters is 1. The molecule has 2 aromatic rings. The van der Waals surface area contributed by atoms with Gasteiger partial charge in [-0.1, -0.05) is 11.6 Å². The Labute approximate surface area is 112 Å². The van der Waals surface area contributed by atoms with Gasteiger partial charge in [0, 0.05) is 11.9 Å². The van der Waals surface area contributed by atoms with Crippen LogP contribution in [-0.2, 0) is 4.74 Å². The van der Waals surface area contributed by atoms with Gasteiger partial charge in [0.1, 0.15) is 0 Å². The second kappa shape index (κ2) is 5.56. The van der Waals surface area contributed by atoms with Gasteiger partial charge >= 0.3 is 5.97 Å². The number of nitrogens with one attached hydrogen (secondary N) is 2. The molecule has 1 heterocycles. The van der Waals surface area contributed by atoms with Crippen molar-refractivity contribution in [2.24, 2.45) is 0 Å². The van der Waals surface area contributed by atoms with Crippen molar-refractivity contribution in [2.75, 3.05) is 12.4 Å². The van der Waals surface area contributed by atoms with E-state index < -0.39 is 0 Å². The molecule has 1 unspecified atom stereocenters. The third kappa shape index (κ3) is 2.93. The quantitative estimate of drug-likeness (QED) is 0.828. The van der Waals surface area contributed by atoms with Gasteiger partial charge in [-0.25, -0.2) is 4.79 Å². The summed E-state index contributed by atoms with van der Waals surface area (Å²) in [5, 5.41) is 10.1. The van der Waals surface area contributed by atoms with E-state index in [-0.39, 0.29) is 12.0 Å². The summed E-state index contributed by atoms with van der Waals surface area (Å²) in [7, 11) is 1.38. The largest absolute Gasteiger partial charge is 0.465 e. The number of rotatable bonds is 4. The Balaban J connectivity index is 2.27. The number of anilines is 1. The summed E-state index contributed by atoms with van der Waals surface area (Å²) >= 11 is 0. The molecule has 0 radical (unpaired) electrons. The van der Waals surface area contributed by atoms with Gasteiger partial charge in [-0.05, 0) is 32.0 Å². The zero-order valence-corrected chi connectivity index (χ0v) is 11.2. The van der Waals surface area contributed by atoms with Gasteiger partial charge in [0.05, 0.1) is 24.4 Å². The SMILES string of the molecule is COC(=O)c1cc(C)ccc1NC(C)c1ccn[nH]1. The summed E-state index contributed by atoms with van der Waals surface area (Å²) in [5.74, 6) is -0.344. The number of methoxy groups -OCH3 is 1. The number of aryl methyl sites for hydroxylation is 1. The molecule has 1 aromatic carbocycles.